The lowest BCUT2D eigenvalue weighted by atomic mass is 10.1. The molecule has 0 fully saturated rings. The van der Waals surface area contributed by atoms with Crippen LogP contribution in [0.25, 0.3) is 22.4 Å². The van der Waals surface area contributed by atoms with E-state index in [1.54, 1.807) is 12.3 Å². The van der Waals surface area contributed by atoms with Crippen LogP contribution in [0.15, 0.2) is 64.5 Å². The molecule has 3 heterocycles. The topological polar surface area (TPSA) is 109 Å². The maximum absolute atomic E-state index is 12.9. The summed E-state index contributed by atoms with van der Waals surface area (Å²) in [6, 6.07) is 15.6. The minimum atomic E-state index is -0.253. The van der Waals surface area contributed by atoms with Crippen LogP contribution < -0.4 is 10.9 Å². The monoisotopic (exact) mass is 456 g/mol. The highest BCUT2D eigenvalue weighted by Crippen LogP contribution is 2.28. The molecule has 0 unspecified atom stereocenters. The zero-order chi connectivity index (χ0) is 23.7. The number of benzene rings is 2. The first-order valence-electron chi connectivity index (χ1n) is 11.4. The molecule has 4 N–H and O–H groups in total. The molecule has 2 aromatic heterocycles. The standard InChI is InChI=1S/C26H28N6O2/c1-16-12-18(25-27-10-11-32(25)2)14-21-23(16)31-24(30-21)22-20(8-9-28-26(22)34)29-19(15-33)13-17-6-4-3-5-7-17/h3-9,12,14,19,33H,10-11,13,15H2,1-2H3,(H,30,31)(H2,28,29,34)/t19-/m0/s1. The average Bonchev–Trinajstić information content (AvgIpc) is 3.45. The van der Waals surface area contributed by atoms with E-state index in [4.69, 9.17) is 4.98 Å². The molecule has 8 heteroatoms. The first-order valence-corrected chi connectivity index (χ1v) is 11.4. The number of fused-ring (bicyclic) bond motifs is 1. The largest absolute Gasteiger partial charge is 0.394 e. The number of hydrogen-bond acceptors (Lipinski definition) is 6. The summed E-state index contributed by atoms with van der Waals surface area (Å²) >= 11 is 0. The highest BCUT2D eigenvalue weighted by molar-refractivity contribution is 6.02. The molecule has 34 heavy (non-hydrogen) atoms. The molecule has 0 saturated carbocycles. The van der Waals surface area contributed by atoms with Crippen LogP contribution in [-0.4, -0.2) is 63.6 Å². The normalized spacial score (nSPS) is 14.4. The van der Waals surface area contributed by atoms with Gasteiger partial charge >= 0.3 is 0 Å². The number of aromatic nitrogens is 3. The van der Waals surface area contributed by atoms with Gasteiger partial charge in [0.1, 0.15) is 17.2 Å². The zero-order valence-corrected chi connectivity index (χ0v) is 19.3. The predicted molar refractivity (Wildman–Crippen MR) is 136 cm³/mol. The number of rotatable bonds is 7. The van der Waals surface area contributed by atoms with E-state index in [1.165, 1.54) is 0 Å². The van der Waals surface area contributed by atoms with Crippen molar-refractivity contribution >= 4 is 22.6 Å². The van der Waals surface area contributed by atoms with E-state index in [0.717, 1.165) is 46.6 Å². The van der Waals surface area contributed by atoms with Gasteiger partial charge in [-0.3, -0.25) is 9.79 Å². The van der Waals surface area contributed by atoms with Crippen molar-refractivity contribution in [1.82, 2.24) is 19.9 Å². The Labute approximate surface area is 197 Å². The number of anilines is 1. The average molecular weight is 457 g/mol. The van der Waals surface area contributed by atoms with Gasteiger partial charge in [-0.05, 0) is 42.7 Å². The van der Waals surface area contributed by atoms with E-state index in [-0.39, 0.29) is 18.2 Å². The van der Waals surface area contributed by atoms with Gasteiger partial charge in [0.2, 0.25) is 0 Å². The number of aliphatic hydroxyl groups is 1. The summed E-state index contributed by atoms with van der Waals surface area (Å²) in [5.74, 6) is 1.45. The smallest absolute Gasteiger partial charge is 0.261 e. The third-order valence-electron chi connectivity index (χ3n) is 6.20. The molecule has 2 aromatic carbocycles. The summed E-state index contributed by atoms with van der Waals surface area (Å²) in [7, 11) is 2.04. The number of aliphatic imine (C=N–C) groups is 1. The van der Waals surface area contributed by atoms with Gasteiger partial charge in [0.15, 0.2) is 0 Å². The number of hydrogen-bond donors (Lipinski definition) is 4. The molecule has 0 bridgehead atoms. The molecular weight excluding hydrogens is 428 g/mol. The van der Waals surface area contributed by atoms with E-state index < -0.39 is 0 Å². The Morgan fingerprint density at radius 3 is 2.76 bits per heavy atom. The van der Waals surface area contributed by atoms with Gasteiger partial charge in [-0.2, -0.15) is 0 Å². The van der Waals surface area contributed by atoms with Crippen LogP contribution in [0.3, 0.4) is 0 Å². The molecule has 5 rings (SSSR count). The SMILES string of the molecule is Cc1cc(C2=NCCN2C)cc2[nH]c(-c3c(N[C@H](CO)Cc4ccccc4)cc[nH]c3=O)nc12. The Bertz CT molecular complexity index is 1410. The van der Waals surface area contributed by atoms with Crippen molar-refractivity contribution in [2.24, 2.45) is 4.99 Å². The number of nitrogens with zero attached hydrogens (tertiary/aromatic N) is 3. The summed E-state index contributed by atoms with van der Waals surface area (Å²) in [4.78, 5) is 30.6. The van der Waals surface area contributed by atoms with Gasteiger partial charge in [-0.15, -0.1) is 0 Å². The molecule has 4 aromatic rings. The molecule has 1 aliphatic heterocycles. The summed E-state index contributed by atoms with van der Waals surface area (Å²) in [6.07, 6.45) is 2.23. The third-order valence-corrected chi connectivity index (χ3v) is 6.20. The van der Waals surface area contributed by atoms with Crippen molar-refractivity contribution in [2.75, 3.05) is 32.1 Å². The van der Waals surface area contributed by atoms with Gasteiger partial charge in [-0.25, -0.2) is 4.98 Å². The highest BCUT2D eigenvalue weighted by atomic mass is 16.3. The first kappa shape index (κ1) is 21.9. The Hall–Kier alpha value is -3.91. The quantitative estimate of drug-likeness (QED) is 0.342. The molecule has 174 valence electrons. The molecule has 1 aliphatic rings. The molecule has 1 atom stereocenters. The van der Waals surface area contributed by atoms with Gasteiger partial charge in [-0.1, -0.05) is 30.3 Å². The van der Waals surface area contributed by atoms with Crippen molar-refractivity contribution in [3.8, 4) is 11.4 Å². The lowest BCUT2D eigenvalue weighted by Crippen LogP contribution is -2.28. The van der Waals surface area contributed by atoms with Crippen molar-refractivity contribution in [1.29, 1.82) is 0 Å². The van der Waals surface area contributed by atoms with Crippen molar-refractivity contribution in [3.05, 3.63) is 81.8 Å². The van der Waals surface area contributed by atoms with Crippen LogP contribution in [0.2, 0.25) is 0 Å². The van der Waals surface area contributed by atoms with E-state index in [2.05, 4.69) is 31.2 Å². The molecule has 0 aliphatic carbocycles. The third kappa shape index (κ3) is 4.20. The minimum Gasteiger partial charge on any atom is -0.394 e. The summed E-state index contributed by atoms with van der Waals surface area (Å²) in [5.41, 5.74) is 5.60. The second-order valence-corrected chi connectivity index (χ2v) is 8.71. The van der Waals surface area contributed by atoms with E-state index in [1.807, 2.05) is 50.4 Å². The second-order valence-electron chi connectivity index (χ2n) is 8.71. The number of aromatic amines is 2. The molecule has 0 radical (unpaired) electrons. The Kier molecular flexibility index (Phi) is 5.90. The number of nitrogens with one attached hydrogen (secondary N) is 3. The zero-order valence-electron chi connectivity index (χ0n) is 19.3. The Morgan fingerprint density at radius 2 is 2.03 bits per heavy atom. The maximum Gasteiger partial charge on any atom is 0.261 e. The van der Waals surface area contributed by atoms with Crippen molar-refractivity contribution in [2.45, 2.75) is 19.4 Å². The number of H-pyrrole nitrogens is 2. The Morgan fingerprint density at radius 1 is 1.21 bits per heavy atom. The molecule has 8 nitrogen and oxygen atoms in total. The van der Waals surface area contributed by atoms with Crippen LogP contribution in [-0.2, 0) is 6.42 Å². The number of imidazole rings is 1. The van der Waals surface area contributed by atoms with E-state index in [9.17, 15) is 9.90 Å². The fourth-order valence-electron chi connectivity index (χ4n) is 4.50. The molecule has 0 spiro atoms. The Balaban J connectivity index is 1.52. The van der Waals surface area contributed by atoms with Gasteiger partial charge in [0.05, 0.1) is 35.9 Å². The summed E-state index contributed by atoms with van der Waals surface area (Å²) in [5, 5.41) is 13.3. The maximum atomic E-state index is 12.9. The number of aliphatic hydroxyl groups excluding tert-OH is 1. The molecule has 0 amide bonds. The van der Waals surface area contributed by atoms with Crippen LogP contribution in [0.5, 0.6) is 0 Å². The van der Waals surface area contributed by atoms with Gasteiger partial charge < -0.3 is 25.3 Å². The van der Waals surface area contributed by atoms with Crippen LogP contribution in [0, 0.1) is 6.92 Å². The van der Waals surface area contributed by atoms with Crippen LogP contribution >= 0.6 is 0 Å². The van der Waals surface area contributed by atoms with Crippen molar-refractivity contribution < 1.29 is 5.11 Å². The van der Waals surface area contributed by atoms with E-state index >= 15 is 0 Å². The molecule has 0 saturated heterocycles. The lowest BCUT2D eigenvalue weighted by molar-refractivity contribution is 0.274. The predicted octanol–water partition coefficient (Wildman–Crippen LogP) is 2.93. The lowest BCUT2D eigenvalue weighted by Gasteiger charge is -2.19. The first-order chi connectivity index (χ1) is 16.5. The van der Waals surface area contributed by atoms with Gasteiger partial charge in [0.25, 0.3) is 5.56 Å². The summed E-state index contributed by atoms with van der Waals surface area (Å²) in [6.45, 7) is 3.64. The number of likely N-dealkylation sites (N-methyl/N-ethyl adjacent to an activating group) is 1. The fourth-order valence-corrected chi connectivity index (χ4v) is 4.50. The second kappa shape index (κ2) is 9.15. The number of pyridine rings is 1. The van der Waals surface area contributed by atoms with E-state index in [0.29, 0.717) is 23.5 Å². The van der Waals surface area contributed by atoms with Gasteiger partial charge in [0, 0.05) is 25.4 Å². The van der Waals surface area contributed by atoms with Crippen molar-refractivity contribution in [3.63, 3.8) is 0 Å². The summed E-state index contributed by atoms with van der Waals surface area (Å²) < 4.78 is 0. The fraction of sp³-hybridized carbons (Fsp3) is 0.269. The van der Waals surface area contributed by atoms with Crippen LogP contribution in [0.1, 0.15) is 16.7 Å². The number of aryl methyl sites for hydroxylation is 1. The minimum absolute atomic E-state index is 0.0701. The number of amidine groups is 1. The molecular formula is C26H28N6O2. The highest BCUT2D eigenvalue weighted by Gasteiger charge is 2.20. The van der Waals surface area contributed by atoms with Crippen LogP contribution in [0.4, 0.5) is 5.69 Å².